The zero-order chi connectivity index (χ0) is 42.8. The van der Waals surface area contributed by atoms with E-state index in [1.54, 1.807) is 0 Å². The zero-order valence-corrected chi connectivity index (χ0v) is 35.6. The molecule has 65 heavy (non-hydrogen) atoms. The normalized spacial score (nSPS) is 14.6. The molecule has 4 heterocycles. The fourth-order valence-electron chi connectivity index (χ4n) is 10.4. The fourth-order valence-corrected chi connectivity index (χ4v) is 10.4. The molecule has 0 spiro atoms. The Morgan fingerprint density at radius 2 is 1.02 bits per heavy atom. The number of aromatic nitrogens is 3. The van der Waals surface area contributed by atoms with E-state index in [9.17, 15) is 0 Å². The summed E-state index contributed by atoms with van der Waals surface area (Å²) in [5, 5.41) is 8.99. The number of rotatable bonds is 7. The zero-order valence-electron chi connectivity index (χ0n) is 35.6. The average Bonchev–Trinajstić information content (AvgIpc) is 4.05. The van der Waals surface area contributed by atoms with Crippen LogP contribution in [-0.4, -0.2) is 14.1 Å². The van der Waals surface area contributed by atoms with E-state index >= 15 is 0 Å². The Morgan fingerprint density at radius 3 is 1.66 bits per heavy atom. The molecule has 1 N–H and O–H groups in total. The maximum Gasteiger partial charge on any atom is 0.159 e. The third-order valence-corrected chi connectivity index (χ3v) is 13.3. The highest BCUT2D eigenvalue weighted by Crippen LogP contribution is 2.50. The maximum absolute atomic E-state index is 5.08. The molecule has 0 bridgehead atoms. The molecule has 1 unspecified atom stereocenters. The first-order valence-corrected chi connectivity index (χ1v) is 22.6. The molecule has 5 heteroatoms. The molecule has 8 aromatic carbocycles. The molecule has 2 aliphatic rings. The van der Waals surface area contributed by atoms with Crippen LogP contribution in [0.25, 0.3) is 88.4 Å². The number of nitrogens with zero attached hydrogens (tertiary/aromatic N) is 4. The second-order valence-electron chi connectivity index (χ2n) is 17.1. The summed E-state index contributed by atoms with van der Waals surface area (Å²) < 4.78 is 4.82. The molecule has 1 atom stereocenters. The van der Waals surface area contributed by atoms with Crippen molar-refractivity contribution < 1.29 is 0 Å². The summed E-state index contributed by atoms with van der Waals surface area (Å²) in [6.07, 6.45) is 10.8. The van der Waals surface area contributed by atoms with E-state index in [0.717, 1.165) is 69.1 Å². The Kier molecular flexibility index (Phi) is 8.66. The lowest BCUT2D eigenvalue weighted by Crippen LogP contribution is -2.24. The maximum atomic E-state index is 5.08. The van der Waals surface area contributed by atoms with Gasteiger partial charge in [-0.2, -0.15) is 0 Å². The molecule has 308 valence electrons. The van der Waals surface area contributed by atoms with Crippen LogP contribution in [0.4, 0.5) is 17.2 Å². The van der Waals surface area contributed by atoms with Gasteiger partial charge in [-0.3, -0.25) is 4.90 Å². The van der Waals surface area contributed by atoms with Crippen molar-refractivity contribution in [2.75, 3.05) is 10.2 Å². The Hall–Kier alpha value is -8.41. The number of pyridine rings is 1. The lowest BCUT2D eigenvalue weighted by atomic mass is 9.93. The minimum Gasteiger partial charge on any atom is -0.358 e. The summed E-state index contributed by atoms with van der Waals surface area (Å²) in [6, 6.07) is 72.9. The molecule has 11 aromatic rings. The standard InChI is InChI=1S/C60H43N5/c1-5-17-40(18-6-1)49-33-34-61-60-58(49)62-59(65(60)48-23-11-4-12-24-48)45-36-43(41-29-31-56-52(38-41)50-25-13-15-27-54(50)63(56)46-19-7-2-8-20-46)35-44(37-45)42-30-32-57-53(39-42)51-26-14-16-28-55(51)64(57)47-21-9-3-10-22-47/h1-2,4-9,11-39,59,62H,3,10H2. The second-order valence-corrected chi connectivity index (χ2v) is 17.1. The van der Waals surface area contributed by atoms with Crippen molar-refractivity contribution in [3.8, 4) is 39.1 Å². The van der Waals surface area contributed by atoms with E-state index in [4.69, 9.17) is 4.98 Å². The predicted molar refractivity (Wildman–Crippen MR) is 272 cm³/mol. The highest BCUT2D eigenvalue weighted by atomic mass is 15.4. The van der Waals surface area contributed by atoms with Gasteiger partial charge in [0.05, 0.1) is 27.8 Å². The smallest absolute Gasteiger partial charge is 0.159 e. The second kappa shape index (κ2) is 15.1. The number of benzene rings is 8. The molecule has 0 saturated carbocycles. The van der Waals surface area contributed by atoms with Gasteiger partial charge in [-0.1, -0.05) is 127 Å². The molecule has 0 saturated heterocycles. The van der Waals surface area contributed by atoms with Gasteiger partial charge < -0.3 is 14.5 Å². The van der Waals surface area contributed by atoms with E-state index in [2.05, 4.69) is 238 Å². The predicted octanol–water partition coefficient (Wildman–Crippen LogP) is 15.7. The summed E-state index contributed by atoms with van der Waals surface area (Å²) in [6.45, 7) is 0. The summed E-state index contributed by atoms with van der Waals surface area (Å²) in [7, 11) is 0. The topological polar surface area (TPSA) is 38.0 Å². The van der Waals surface area contributed by atoms with Crippen molar-refractivity contribution >= 4 is 66.5 Å². The summed E-state index contributed by atoms with van der Waals surface area (Å²) in [5.41, 5.74) is 17.4. The molecule has 0 radical (unpaired) electrons. The van der Waals surface area contributed by atoms with Gasteiger partial charge in [0.15, 0.2) is 5.82 Å². The van der Waals surface area contributed by atoms with E-state index in [0.29, 0.717) is 0 Å². The van der Waals surface area contributed by atoms with Crippen LogP contribution in [0.15, 0.2) is 225 Å². The van der Waals surface area contributed by atoms with Crippen molar-refractivity contribution in [3.05, 3.63) is 230 Å². The molecule has 0 amide bonds. The number of anilines is 3. The quantitative estimate of drug-likeness (QED) is 0.174. The first-order chi connectivity index (χ1) is 32.2. The number of para-hydroxylation sites is 4. The lowest BCUT2D eigenvalue weighted by molar-refractivity contribution is 0.821. The minimum absolute atomic E-state index is 0.247. The van der Waals surface area contributed by atoms with E-state index in [1.165, 1.54) is 54.9 Å². The highest BCUT2D eigenvalue weighted by molar-refractivity contribution is 6.12. The molecule has 13 rings (SSSR count). The van der Waals surface area contributed by atoms with Crippen LogP contribution in [-0.2, 0) is 0 Å². The Balaban J connectivity index is 1.03. The Bertz CT molecular complexity index is 3690. The van der Waals surface area contributed by atoms with Gasteiger partial charge in [-0.05, 0) is 137 Å². The monoisotopic (exact) mass is 833 g/mol. The van der Waals surface area contributed by atoms with E-state index in [-0.39, 0.29) is 6.17 Å². The molecular weight excluding hydrogens is 791 g/mol. The number of nitrogens with one attached hydrogen (secondary N) is 1. The van der Waals surface area contributed by atoms with Crippen LogP contribution in [0, 0.1) is 0 Å². The number of hydrogen-bond acceptors (Lipinski definition) is 3. The number of fused-ring (bicyclic) bond motifs is 7. The van der Waals surface area contributed by atoms with Crippen LogP contribution in [0.2, 0.25) is 0 Å². The number of allylic oxidation sites excluding steroid dienone is 4. The molecule has 1 aliphatic carbocycles. The van der Waals surface area contributed by atoms with Crippen LogP contribution >= 0.6 is 0 Å². The highest BCUT2D eigenvalue weighted by Gasteiger charge is 2.35. The van der Waals surface area contributed by atoms with Crippen molar-refractivity contribution in [1.82, 2.24) is 14.1 Å². The molecule has 5 nitrogen and oxygen atoms in total. The Labute approximate surface area is 377 Å². The van der Waals surface area contributed by atoms with Crippen LogP contribution in [0.5, 0.6) is 0 Å². The molecular formula is C60H43N5. The Morgan fingerprint density at radius 1 is 0.446 bits per heavy atom. The van der Waals surface area contributed by atoms with Gasteiger partial charge in [0.1, 0.15) is 6.17 Å². The van der Waals surface area contributed by atoms with E-state index < -0.39 is 0 Å². The van der Waals surface area contributed by atoms with E-state index in [1.807, 2.05) is 6.20 Å². The summed E-state index contributed by atoms with van der Waals surface area (Å²) in [4.78, 5) is 7.45. The van der Waals surface area contributed by atoms with Crippen LogP contribution in [0.1, 0.15) is 24.6 Å². The fraction of sp³-hybridized carbons (Fsp3) is 0.0500. The van der Waals surface area contributed by atoms with Crippen molar-refractivity contribution in [2.24, 2.45) is 0 Å². The SMILES string of the molecule is C1=CC(n2c3ccccc3c3cc(-c4cc(-c5ccc6c(c5)c5ccccc5n6-c5ccccc5)cc(C5Nc6c(-c7ccccc7)ccnc6N5c5ccccc5)c4)ccc32)=CCC1. The van der Waals surface area contributed by atoms with Crippen molar-refractivity contribution in [2.45, 2.75) is 19.0 Å². The van der Waals surface area contributed by atoms with Gasteiger partial charge in [0.25, 0.3) is 0 Å². The molecule has 0 fully saturated rings. The van der Waals surface area contributed by atoms with Gasteiger partial charge in [-0.25, -0.2) is 4.98 Å². The van der Waals surface area contributed by atoms with Crippen molar-refractivity contribution in [1.29, 1.82) is 0 Å². The van der Waals surface area contributed by atoms with Crippen LogP contribution < -0.4 is 10.2 Å². The van der Waals surface area contributed by atoms with Gasteiger partial charge >= 0.3 is 0 Å². The largest absolute Gasteiger partial charge is 0.358 e. The summed E-state index contributed by atoms with van der Waals surface area (Å²) in [5.74, 6) is 0.907. The minimum atomic E-state index is -0.247. The third kappa shape index (κ3) is 6.11. The molecule has 3 aromatic heterocycles. The third-order valence-electron chi connectivity index (χ3n) is 13.3. The first kappa shape index (κ1) is 37.2. The summed E-state index contributed by atoms with van der Waals surface area (Å²) >= 11 is 0. The van der Waals surface area contributed by atoms with Crippen LogP contribution in [0.3, 0.4) is 0 Å². The van der Waals surface area contributed by atoms with Gasteiger partial charge in [0.2, 0.25) is 0 Å². The van der Waals surface area contributed by atoms with Crippen molar-refractivity contribution in [3.63, 3.8) is 0 Å². The average molecular weight is 834 g/mol. The first-order valence-electron chi connectivity index (χ1n) is 22.6. The van der Waals surface area contributed by atoms with Gasteiger partial charge in [-0.15, -0.1) is 0 Å². The van der Waals surface area contributed by atoms with Gasteiger partial charge in [0, 0.05) is 50.4 Å². The molecule has 1 aliphatic heterocycles. The number of hydrogen-bond donors (Lipinski definition) is 1. The lowest BCUT2D eigenvalue weighted by Gasteiger charge is -2.27.